The zero-order valence-corrected chi connectivity index (χ0v) is 11.3. The highest BCUT2D eigenvalue weighted by Crippen LogP contribution is 2.21. The first-order valence-corrected chi connectivity index (χ1v) is 6.64. The van der Waals surface area contributed by atoms with Gasteiger partial charge in [0.05, 0.1) is 0 Å². The van der Waals surface area contributed by atoms with Crippen LogP contribution in [0.2, 0.25) is 0 Å². The molecule has 1 aromatic rings. The molecule has 1 aliphatic heterocycles. The normalized spacial score (nSPS) is 20.3. The molecule has 0 aliphatic carbocycles. The number of hydrogen-bond acceptors (Lipinski definition) is 2. The minimum Gasteiger partial charge on any atom is -0.298 e. The van der Waals surface area contributed by atoms with Crippen LogP contribution in [-0.2, 0) is 0 Å². The highest BCUT2D eigenvalue weighted by atomic mass is 19.1. The smallest absolute Gasteiger partial charge is 0.123 e. The van der Waals surface area contributed by atoms with Gasteiger partial charge >= 0.3 is 0 Å². The van der Waals surface area contributed by atoms with Crippen LogP contribution in [0.25, 0.3) is 0 Å². The van der Waals surface area contributed by atoms with Gasteiger partial charge in [0.2, 0.25) is 0 Å². The molecule has 1 radical (unpaired) electrons. The third-order valence-corrected chi connectivity index (χ3v) is 3.77. The van der Waals surface area contributed by atoms with Crippen molar-refractivity contribution in [3.05, 3.63) is 42.6 Å². The summed E-state index contributed by atoms with van der Waals surface area (Å²) in [6, 6.07) is 7.43. The molecule has 1 fully saturated rings. The predicted molar refractivity (Wildman–Crippen MR) is 72.8 cm³/mol. The average molecular weight is 249 g/mol. The Labute approximate surface area is 109 Å². The van der Waals surface area contributed by atoms with Gasteiger partial charge < -0.3 is 0 Å². The minimum absolute atomic E-state index is 0.125. The van der Waals surface area contributed by atoms with Gasteiger partial charge in [-0.3, -0.25) is 9.80 Å². The quantitative estimate of drug-likeness (QED) is 0.812. The van der Waals surface area contributed by atoms with Crippen molar-refractivity contribution in [3.8, 4) is 0 Å². The summed E-state index contributed by atoms with van der Waals surface area (Å²) >= 11 is 0. The number of hydrogen-bond donors (Lipinski definition) is 0. The molecule has 0 saturated carbocycles. The number of halogens is 1. The second kappa shape index (κ2) is 5.81. The molecule has 3 heteroatoms. The van der Waals surface area contributed by atoms with Gasteiger partial charge in [-0.2, -0.15) is 0 Å². The van der Waals surface area contributed by atoms with Crippen LogP contribution in [-0.4, -0.2) is 42.0 Å². The summed E-state index contributed by atoms with van der Waals surface area (Å²) in [4.78, 5) is 4.85. The van der Waals surface area contributed by atoms with E-state index < -0.39 is 0 Å². The van der Waals surface area contributed by atoms with Crippen LogP contribution >= 0.6 is 0 Å². The molecule has 1 heterocycles. The highest BCUT2D eigenvalue weighted by molar-refractivity contribution is 5.21. The van der Waals surface area contributed by atoms with Gasteiger partial charge in [0.15, 0.2) is 0 Å². The third kappa shape index (κ3) is 3.09. The fourth-order valence-corrected chi connectivity index (χ4v) is 2.46. The van der Waals surface area contributed by atoms with Crippen molar-refractivity contribution < 1.29 is 4.39 Å². The molecular weight excluding hydrogens is 227 g/mol. The first-order chi connectivity index (χ1) is 8.58. The Bertz CT molecular complexity index is 367. The van der Waals surface area contributed by atoms with Gasteiger partial charge in [-0.05, 0) is 38.5 Å². The largest absolute Gasteiger partial charge is 0.298 e. The molecule has 0 spiro atoms. The topological polar surface area (TPSA) is 6.48 Å². The zero-order valence-electron chi connectivity index (χ0n) is 11.3. The minimum atomic E-state index is -0.185. The molecule has 1 aliphatic rings. The maximum Gasteiger partial charge on any atom is 0.123 e. The van der Waals surface area contributed by atoms with Crippen molar-refractivity contribution in [1.82, 2.24) is 9.80 Å². The maximum atomic E-state index is 12.9. The van der Waals surface area contributed by atoms with E-state index in [0.29, 0.717) is 6.04 Å². The van der Waals surface area contributed by atoms with Crippen molar-refractivity contribution in [2.75, 3.05) is 26.2 Å². The second-order valence-corrected chi connectivity index (χ2v) is 5.23. The monoisotopic (exact) mass is 249 g/mol. The SMILES string of the molecule is [CH2]C(c1ccc(F)cc1)N1CCN(C(C)C)CC1. The Balaban J connectivity index is 1.95. The lowest BCUT2D eigenvalue weighted by Gasteiger charge is -2.39. The fourth-order valence-electron chi connectivity index (χ4n) is 2.46. The summed E-state index contributed by atoms with van der Waals surface area (Å²) in [6.45, 7) is 12.9. The molecular formula is C15H22FN2. The summed E-state index contributed by atoms with van der Waals surface area (Å²) in [7, 11) is 0. The van der Waals surface area contributed by atoms with E-state index in [1.54, 1.807) is 0 Å². The van der Waals surface area contributed by atoms with Gasteiger partial charge in [0, 0.05) is 38.3 Å². The van der Waals surface area contributed by atoms with Crippen LogP contribution in [0.5, 0.6) is 0 Å². The number of piperazine rings is 1. The number of nitrogens with zero attached hydrogens (tertiary/aromatic N) is 2. The van der Waals surface area contributed by atoms with Crippen LogP contribution < -0.4 is 0 Å². The molecule has 1 aromatic carbocycles. The van der Waals surface area contributed by atoms with Crippen molar-refractivity contribution >= 4 is 0 Å². The number of rotatable bonds is 3. The molecule has 0 bridgehead atoms. The molecule has 1 saturated heterocycles. The van der Waals surface area contributed by atoms with Crippen molar-refractivity contribution in [3.63, 3.8) is 0 Å². The van der Waals surface area contributed by atoms with E-state index in [-0.39, 0.29) is 11.9 Å². The van der Waals surface area contributed by atoms with E-state index >= 15 is 0 Å². The van der Waals surface area contributed by atoms with Gasteiger partial charge in [0.25, 0.3) is 0 Å². The third-order valence-electron chi connectivity index (χ3n) is 3.77. The Morgan fingerprint density at radius 1 is 1.00 bits per heavy atom. The number of benzene rings is 1. The van der Waals surface area contributed by atoms with Gasteiger partial charge in [-0.25, -0.2) is 4.39 Å². The summed E-state index contributed by atoms with van der Waals surface area (Å²) in [5, 5.41) is 0. The van der Waals surface area contributed by atoms with Crippen molar-refractivity contribution in [1.29, 1.82) is 0 Å². The molecule has 1 unspecified atom stereocenters. The maximum absolute atomic E-state index is 12.9. The Hall–Kier alpha value is -0.930. The van der Waals surface area contributed by atoms with Crippen LogP contribution in [0.15, 0.2) is 24.3 Å². The Morgan fingerprint density at radius 2 is 1.50 bits per heavy atom. The molecule has 2 rings (SSSR count). The van der Waals surface area contributed by atoms with Gasteiger partial charge in [-0.15, -0.1) is 0 Å². The molecule has 1 atom stereocenters. The molecule has 0 N–H and O–H groups in total. The molecule has 99 valence electrons. The van der Waals surface area contributed by atoms with Crippen molar-refractivity contribution in [2.24, 2.45) is 0 Å². The molecule has 2 nitrogen and oxygen atoms in total. The van der Waals surface area contributed by atoms with Crippen LogP contribution in [0.4, 0.5) is 4.39 Å². The van der Waals surface area contributed by atoms with E-state index in [1.807, 2.05) is 12.1 Å². The first kappa shape index (κ1) is 13.5. The molecule has 0 amide bonds. The zero-order chi connectivity index (χ0) is 13.1. The Kier molecular flexibility index (Phi) is 4.36. The molecule has 0 aromatic heterocycles. The van der Waals surface area contributed by atoms with Gasteiger partial charge in [0.1, 0.15) is 5.82 Å². The predicted octanol–water partition coefficient (Wildman–Crippen LogP) is 2.73. The standard InChI is InChI=1S/C15H22FN2/c1-12(2)17-8-10-18(11-9-17)13(3)14-4-6-15(16)7-5-14/h4-7,12-13H,3,8-11H2,1-2H3. The van der Waals surface area contributed by atoms with Gasteiger partial charge in [-0.1, -0.05) is 12.1 Å². The lowest BCUT2D eigenvalue weighted by Crippen LogP contribution is -2.49. The lowest BCUT2D eigenvalue weighted by molar-refractivity contribution is 0.0905. The second-order valence-electron chi connectivity index (χ2n) is 5.23. The summed E-state index contributed by atoms with van der Waals surface area (Å²) in [5.74, 6) is -0.185. The first-order valence-electron chi connectivity index (χ1n) is 6.64. The van der Waals surface area contributed by atoms with E-state index in [0.717, 1.165) is 31.7 Å². The Morgan fingerprint density at radius 3 is 2.00 bits per heavy atom. The molecule has 18 heavy (non-hydrogen) atoms. The van der Waals surface area contributed by atoms with Crippen LogP contribution in [0.3, 0.4) is 0 Å². The summed E-state index contributed by atoms with van der Waals surface area (Å²) in [6.07, 6.45) is 0. The van der Waals surface area contributed by atoms with Crippen LogP contribution in [0, 0.1) is 12.7 Å². The fraction of sp³-hybridized carbons (Fsp3) is 0.533. The summed E-state index contributed by atoms with van der Waals surface area (Å²) < 4.78 is 12.9. The van der Waals surface area contributed by atoms with E-state index in [2.05, 4.69) is 30.6 Å². The summed E-state index contributed by atoms with van der Waals surface area (Å²) in [5.41, 5.74) is 1.09. The van der Waals surface area contributed by atoms with Crippen molar-refractivity contribution in [2.45, 2.75) is 25.9 Å². The van der Waals surface area contributed by atoms with E-state index in [9.17, 15) is 4.39 Å². The van der Waals surface area contributed by atoms with E-state index in [1.165, 1.54) is 12.1 Å². The van der Waals surface area contributed by atoms with E-state index in [4.69, 9.17) is 0 Å². The lowest BCUT2D eigenvalue weighted by atomic mass is 10.1. The average Bonchev–Trinajstić information content (AvgIpc) is 2.39. The van der Waals surface area contributed by atoms with Crippen LogP contribution in [0.1, 0.15) is 25.5 Å². The highest BCUT2D eigenvalue weighted by Gasteiger charge is 2.23.